The van der Waals surface area contributed by atoms with Crippen LogP contribution < -0.4 is 4.90 Å². The van der Waals surface area contributed by atoms with Gasteiger partial charge in [0, 0.05) is 11.1 Å². The van der Waals surface area contributed by atoms with E-state index < -0.39 is 24.2 Å². The maximum absolute atomic E-state index is 13.6. The Morgan fingerprint density at radius 1 is 1.19 bits per heavy atom. The molecular weight excluding hydrogens is 427 g/mol. The second-order valence-electron chi connectivity index (χ2n) is 8.89. The van der Waals surface area contributed by atoms with E-state index in [1.807, 2.05) is 34.6 Å². The van der Waals surface area contributed by atoms with E-state index in [1.54, 1.807) is 30.0 Å². The van der Waals surface area contributed by atoms with Gasteiger partial charge in [0.15, 0.2) is 10.8 Å². The number of alkyl halides is 3. The molecule has 0 saturated carbocycles. The molecule has 0 atom stereocenters. The molecule has 0 saturated heterocycles. The molecule has 0 fully saturated rings. The molecule has 3 aromatic heterocycles. The Balaban J connectivity index is 2.28. The largest absolute Gasteiger partial charge is 0.406 e. The summed E-state index contributed by atoms with van der Waals surface area (Å²) in [6.45, 7) is 11.7. The van der Waals surface area contributed by atoms with Gasteiger partial charge >= 0.3 is 6.18 Å². The number of halogens is 3. The third kappa shape index (κ3) is 4.73. The number of hydrogen-bond donors (Lipinski definition) is 0. The van der Waals surface area contributed by atoms with Crippen molar-refractivity contribution >= 4 is 33.4 Å². The van der Waals surface area contributed by atoms with Crippen LogP contribution in [-0.2, 0) is 5.54 Å². The zero-order valence-corrected chi connectivity index (χ0v) is 19.4. The van der Waals surface area contributed by atoms with Crippen LogP contribution in [0.25, 0.3) is 11.0 Å². The summed E-state index contributed by atoms with van der Waals surface area (Å²) in [6, 6.07) is 1.58. The van der Waals surface area contributed by atoms with Gasteiger partial charge in [-0.3, -0.25) is 9.69 Å². The van der Waals surface area contributed by atoms with Crippen molar-refractivity contribution in [2.75, 3.05) is 11.4 Å². The quantitative estimate of drug-likeness (QED) is 0.516. The van der Waals surface area contributed by atoms with Gasteiger partial charge in [-0.25, -0.2) is 14.6 Å². The van der Waals surface area contributed by atoms with Crippen LogP contribution in [0.5, 0.6) is 0 Å². The molecule has 3 heterocycles. The molecule has 0 spiro atoms. The van der Waals surface area contributed by atoms with Crippen molar-refractivity contribution in [1.29, 1.82) is 0 Å². The molecule has 1 amide bonds. The molecule has 3 rings (SSSR count). The minimum atomic E-state index is -4.58. The van der Waals surface area contributed by atoms with Crippen LogP contribution in [0.3, 0.4) is 0 Å². The predicted octanol–water partition coefficient (Wildman–Crippen LogP) is 5.59. The number of amides is 1. The van der Waals surface area contributed by atoms with Crippen molar-refractivity contribution in [3.63, 3.8) is 0 Å². The fourth-order valence-electron chi connectivity index (χ4n) is 3.26. The molecule has 0 radical (unpaired) electrons. The smallest absolute Gasteiger partial charge is 0.275 e. The van der Waals surface area contributed by atoms with E-state index in [-0.39, 0.29) is 16.6 Å². The summed E-state index contributed by atoms with van der Waals surface area (Å²) in [6.07, 6.45) is -4.58. The molecule has 168 valence electrons. The summed E-state index contributed by atoms with van der Waals surface area (Å²) in [4.78, 5) is 23.1. The zero-order chi connectivity index (χ0) is 23.3. The van der Waals surface area contributed by atoms with Crippen LogP contribution in [0.4, 0.5) is 18.3 Å². The van der Waals surface area contributed by atoms with E-state index >= 15 is 0 Å². The lowest BCUT2D eigenvalue weighted by Crippen LogP contribution is -2.39. The van der Waals surface area contributed by atoms with E-state index in [0.29, 0.717) is 33.0 Å². The molecule has 0 aromatic carbocycles. The number of aromatic nitrogens is 4. The summed E-state index contributed by atoms with van der Waals surface area (Å²) in [7, 11) is 0. The number of rotatable bonds is 4. The molecule has 0 N–H and O–H groups in total. The molecule has 3 aromatic rings. The molecule has 0 aliphatic rings. The lowest BCUT2D eigenvalue weighted by atomic mass is 10.0. The van der Waals surface area contributed by atoms with Gasteiger partial charge in [-0.1, -0.05) is 13.8 Å². The number of aryl methyl sites for hydroxylation is 2. The van der Waals surface area contributed by atoms with Crippen molar-refractivity contribution in [2.24, 2.45) is 0 Å². The summed E-state index contributed by atoms with van der Waals surface area (Å²) >= 11 is 1.01. The number of carbonyl (C=O) groups excluding carboxylic acids is 1. The molecule has 0 aliphatic carbocycles. The number of thiazole rings is 1. The number of nitrogens with zero attached hydrogens (tertiary/aromatic N) is 5. The highest BCUT2D eigenvalue weighted by Crippen LogP contribution is 2.32. The molecular formula is C21H26F3N5OS. The topological polar surface area (TPSA) is 63.9 Å². The number of carbonyl (C=O) groups is 1. The van der Waals surface area contributed by atoms with Gasteiger partial charge in [-0.05, 0) is 46.6 Å². The Morgan fingerprint density at radius 3 is 2.32 bits per heavy atom. The van der Waals surface area contributed by atoms with Gasteiger partial charge < -0.3 is 0 Å². The Kier molecular flexibility index (Phi) is 5.90. The van der Waals surface area contributed by atoms with Gasteiger partial charge in [0.25, 0.3) is 5.91 Å². The van der Waals surface area contributed by atoms with Crippen LogP contribution in [-0.4, -0.2) is 38.4 Å². The number of hydrogen-bond acceptors (Lipinski definition) is 5. The van der Waals surface area contributed by atoms with Gasteiger partial charge in [-0.15, -0.1) is 11.3 Å². The molecule has 6 nitrogen and oxygen atoms in total. The number of anilines is 1. The van der Waals surface area contributed by atoms with E-state index in [2.05, 4.69) is 10.1 Å². The lowest BCUT2D eigenvalue weighted by molar-refractivity contribution is -0.118. The lowest BCUT2D eigenvalue weighted by Gasteiger charge is -2.23. The first-order valence-electron chi connectivity index (χ1n) is 9.90. The SMILES string of the molecule is Cc1csc(N(CC(F)(F)F)C(=O)c2cc(C(C)C)nc3c2c(C)nn3C(C)(C)C)n1. The number of pyridine rings is 1. The van der Waals surface area contributed by atoms with E-state index in [9.17, 15) is 18.0 Å². The second-order valence-corrected chi connectivity index (χ2v) is 9.73. The summed E-state index contributed by atoms with van der Waals surface area (Å²) in [5, 5.41) is 6.66. The zero-order valence-electron chi connectivity index (χ0n) is 18.6. The van der Waals surface area contributed by atoms with Crippen LogP contribution in [0.15, 0.2) is 11.4 Å². The van der Waals surface area contributed by atoms with Crippen molar-refractivity contribution in [1.82, 2.24) is 19.7 Å². The van der Waals surface area contributed by atoms with Crippen molar-refractivity contribution < 1.29 is 18.0 Å². The van der Waals surface area contributed by atoms with E-state index in [1.165, 1.54) is 0 Å². The Hall–Kier alpha value is -2.49. The first-order chi connectivity index (χ1) is 14.2. The highest BCUT2D eigenvalue weighted by molar-refractivity contribution is 7.14. The van der Waals surface area contributed by atoms with Crippen molar-refractivity contribution in [2.45, 2.75) is 66.1 Å². The third-order valence-electron chi connectivity index (χ3n) is 4.71. The number of fused-ring (bicyclic) bond motifs is 1. The predicted molar refractivity (Wildman–Crippen MR) is 116 cm³/mol. The maximum atomic E-state index is 13.6. The summed E-state index contributed by atoms with van der Waals surface area (Å²) in [5.41, 5.74) is 1.93. The highest BCUT2D eigenvalue weighted by Gasteiger charge is 2.37. The Labute approximate surface area is 183 Å². The molecule has 0 unspecified atom stereocenters. The fourth-order valence-corrected chi connectivity index (χ4v) is 4.06. The first-order valence-corrected chi connectivity index (χ1v) is 10.8. The van der Waals surface area contributed by atoms with Crippen LogP contribution >= 0.6 is 11.3 Å². The normalized spacial score (nSPS) is 12.7. The molecule has 10 heteroatoms. The average molecular weight is 454 g/mol. The van der Waals surface area contributed by atoms with E-state index in [4.69, 9.17) is 4.98 Å². The average Bonchev–Trinajstić information content (AvgIpc) is 3.21. The van der Waals surface area contributed by atoms with Crippen LogP contribution in [0.1, 0.15) is 68.0 Å². The minimum Gasteiger partial charge on any atom is -0.275 e. The fraction of sp³-hybridized carbons (Fsp3) is 0.524. The summed E-state index contributed by atoms with van der Waals surface area (Å²) in [5.74, 6) is -0.796. The van der Waals surface area contributed by atoms with Crippen molar-refractivity contribution in [3.8, 4) is 0 Å². The molecule has 0 aliphatic heterocycles. The van der Waals surface area contributed by atoms with Gasteiger partial charge in [0.05, 0.1) is 27.9 Å². The van der Waals surface area contributed by atoms with Gasteiger partial charge in [0.1, 0.15) is 6.54 Å². The second kappa shape index (κ2) is 7.89. The minimum absolute atomic E-state index is 0.0109. The highest BCUT2D eigenvalue weighted by atomic mass is 32.1. The Bertz CT molecular complexity index is 1120. The van der Waals surface area contributed by atoms with E-state index in [0.717, 1.165) is 11.3 Å². The Morgan fingerprint density at radius 2 is 1.84 bits per heavy atom. The van der Waals surface area contributed by atoms with Crippen LogP contribution in [0, 0.1) is 13.8 Å². The summed E-state index contributed by atoms with van der Waals surface area (Å²) < 4.78 is 41.9. The van der Waals surface area contributed by atoms with Gasteiger partial charge in [-0.2, -0.15) is 18.3 Å². The monoisotopic (exact) mass is 453 g/mol. The molecule has 0 bridgehead atoms. The standard InChI is InChI=1S/C21H26F3N5OS/c1-11(2)15-8-14(16-13(4)27-29(17(16)26-15)20(5,6)7)18(30)28(10-21(22,23)24)19-25-12(3)9-31-19/h8-9,11H,10H2,1-7H3. The van der Waals surface area contributed by atoms with Crippen molar-refractivity contribution in [3.05, 3.63) is 34.1 Å². The first kappa shape index (κ1) is 23.2. The molecule has 31 heavy (non-hydrogen) atoms. The maximum Gasteiger partial charge on any atom is 0.406 e. The third-order valence-corrected chi connectivity index (χ3v) is 5.69. The van der Waals surface area contributed by atoms with Crippen LogP contribution in [0.2, 0.25) is 0 Å². The van der Waals surface area contributed by atoms with Gasteiger partial charge in [0.2, 0.25) is 0 Å².